The highest BCUT2D eigenvalue weighted by atomic mass is 16.1. The Hall–Kier alpha value is -0.330. The Morgan fingerprint density at radius 3 is 2.09 bits per heavy atom. The summed E-state index contributed by atoms with van der Waals surface area (Å²) in [6.07, 6.45) is 3.43. The second-order valence-electron chi connectivity index (χ2n) is 2.65. The van der Waals surface area contributed by atoms with Crippen LogP contribution in [-0.2, 0) is 4.79 Å². The Labute approximate surface area is 71.2 Å². The van der Waals surface area contributed by atoms with E-state index in [0.29, 0.717) is 5.78 Å². The molecule has 0 aromatic rings. The molecule has 0 spiro atoms. The van der Waals surface area contributed by atoms with Gasteiger partial charge in [0.2, 0.25) is 0 Å². The molecule has 0 aliphatic heterocycles. The van der Waals surface area contributed by atoms with Gasteiger partial charge in [-0.15, -0.1) is 0 Å². The lowest BCUT2D eigenvalue weighted by Gasteiger charge is -2.03. The fraction of sp³-hybridized carbons (Fsp3) is 0.900. The molecule has 68 valence electrons. The molecule has 0 bridgehead atoms. The number of unbranched alkanes of at least 4 members (excludes halogenated alkanes) is 1. The Kier molecular flexibility index (Phi) is 11.7. The third-order valence-corrected chi connectivity index (χ3v) is 1.68. The normalized spacial score (nSPS) is 11.4. The zero-order valence-corrected chi connectivity index (χ0v) is 8.61. The fourth-order valence-corrected chi connectivity index (χ4v) is 0.714. The molecule has 1 atom stereocenters. The first-order chi connectivity index (χ1) is 5.18. The summed E-state index contributed by atoms with van der Waals surface area (Å²) >= 11 is 0. The molecule has 1 heteroatoms. The van der Waals surface area contributed by atoms with Crippen LogP contribution in [0.25, 0.3) is 0 Å². The molecule has 0 amide bonds. The summed E-state index contributed by atoms with van der Waals surface area (Å²) in [5.41, 5.74) is 0. The Morgan fingerprint density at radius 2 is 1.82 bits per heavy atom. The molecule has 0 aromatic carbocycles. The lowest BCUT2D eigenvalue weighted by atomic mass is 10.0. The average Bonchev–Trinajstić information content (AvgIpc) is 2.03. The quantitative estimate of drug-likeness (QED) is 0.612. The van der Waals surface area contributed by atoms with Crippen molar-refractivity contribution >= 4 is 5.78 Å². The van der Waals surface area contributed by atoms with E-state index < -0.39 is 0 Å². The van der Waals surface area contributed by atoms with Crippen LogP contribution in [0.4, 0.5) is 0 Å². The van der Waals surface area contributed by atoms with E-state index in [1.165, 1.54) is 12.8 Å². The molecule has 0 radical (unpaired) electrons. The van der Waals surface area contributed by atoms with E-state index in [-0.39, 0.29) is 5.92 Å². The predicted molar refractivity (Wildman–Crippen MR) is 50.7 cm³/mol. The number of rotatable bonds is 4. The van der Waals surface area contributed by atoms with E-state index in [1.54, 1.807) is 6.92 Å². The molecule has 0 rings (SSSR count). The van der Waals surface area contributed by atoms with Gasteiger partial charge >= 0.3 is 0 Å². The van der Waals surface area contributed by atoms with Crippen LogP contribution < -0.4 is 0 Å². The molecule has 0 N–H and O–H groups in total. The van der Waals surface area contributed by atoms with Crippen molar-refractivity contribution in [2.45, 2.75) is 53.9 Å². The van der Waals surface area contributed by atoms with Crippen LogP contribution in [0.2, 0.25) is 0 Å². The van der Waals surface area contributed by atoms with Gasteiger partial charge in [-0.1, -0.05) is 40.5 Å². The Bertz CT molecular complexity index is 86.9. The smallest absolute Gasteiger partial charge is 0.132 e. The first kappa shape index (κ1) is 13.3. The number of hydrogen-bond donors (Lipinski definition) is 0. The molecule has 0 saturated carbocycles. The monoisotopic (exact) mass is 158 g/mol. The predicted octanol–water partition coefficient (Wildman–Crippen LogP) is 3.43. The summed E-state index contributed by atoms with van der Waals surface area (Å²) in [7, 11) is 0. The lowest BCUT2D eigenvalue weighted by Crippen LogP contribution is -2.05. The van der Waals surface area contributed by atoms with Gasteiger partial charge in [-0.25, -0.2) is 0 Å². The Balaban J connectivity index is 0. The maximum Gasteiger partial charge on any atom is 0.132 e. The second kappa shape index (κ2) is 9.67. The molecule has 0 heterocycles. The molecule has 0 aliphatic rings. The average molecular weight is 158 g/mol. The molecule has 0 aliphatic carbocycles. The molecule has 0 fully saturated rings. The van der Waals surface area contributed by atoms with Crippen molar-refractivity contribution in [2.75, 3.05) is 0 Å². The van der Waals surface area contributed by atoms with Crippen molar-refractivity contribution in [2.24, 2.45) is 5.92 Å². The van der Waals surface area contributed by atoms with E-state index in [2.05, 4.69) is 6.92 Å². The zero-order chi connectivity index (χ0) is 9.28. The van der Waals surface area contributed by atoms with E-state index >= 15 is 0 Å². The summed E-state index contributed by atoms with van der Waals surface area (Å²) in [6.45, 7) is 9.81. The number of ketones is 1. The van der Waals surface area contributed by atoms with Gasteiger partial charge in [0.15, 0.2) is 0 Å². The topological polar surface area (TPSA) is 17.1 Å². The maximum atomic E-state index is 10.6. The first-order valence-electron chi connectivity index (χ1n) is 4.69. The second-order valence-corrected chi connectivity index (χ2v) is 2.65. The van der Waals surface area contributed by atoms with Crippen LogP contribution in [0, 0.1) is 5.92 Å². The minimum absolute atomic E-state index is 0.282. The van der Waals surface area contributed by atoms with E-state index in [0.717, 1.165) is 6.42 Å². The fourth-order valence-electron chi connectivity index (χ4n) is 0.714. The molecule has 1 unspecified atom stereocenters. The molecular formula is C10H22O. The standard InChI is InChI=1S/C8H16O.C2H6/c1-4-5-6-7(2)8(3)9;1-2/h7H,4-6H2,1-3H3;1-2H3. The van der Waals surface area contributed by atoms with Crippen LogP contribution in [0.5, 0.6) is 0 Å². The highest BCUT2D eigenvalue weighted by Gasteiger charge is 2.04. The van der Waals surface area contributed by atoms with Crippen LogP contribution in [0.15, 0.2) is 0 Å². The SMILES string of the molecule is CC.CCCCC(C)C(C)=O. The summed E-state index contributed by atoms with van der Waals surface area (Å²) in [4.78, 5) is 10.6. The first-order valence-corrected chi connectivity index (χ1v) is 4.69. The van der Waals surface area contributed by atoms with Gasteiger partial charge in [0.1, 0.15) is 5.78 Å². The van der Waals surface area contributed by atoms with Crippen LogP contribution in [-0.4, -0.2) is 5.78 Å². The Morgan fingerprint density at radius 1 is 1.36 bits per heavy atom. The number of carbonyl (C=O) groups excluding carboxylic acids is 1. The van der Waals surface area contributed by atoms with Gasteiger partial charge in [-0.05, 0) is 13.3 Å². The van der Waals surface area contributed by atoms with Crippen molar-refractivity contribution < 1.29 is 4.79 Å². The van der Waals surface area contributed by atoms with Gasteiger partial charge < -0.3 is 0 Å². The highest BCUT2D eigenvalue weighted by molar-refractivity contribution is 5.77. The lowest BCUT2D eigenvalue weighted by molar-refractivity contribution is -0.120. The van der Waals surface area contributed by atoms with Crippen molar-refractivity contribution in [3.8, 4) is 0 Å². The largest absolute Gasteiger partial charge is 0.300 e. The van der Waals surface area contributed by atoms with E-state index in [9.17, 15) is 4.79 Å². The van der Waals surface area contributed by atoms with Crippen LogP contribution in [0.3, 0.4) is 0 Å². The summed E-state index contributed by atoms with van der Waals surface area (Å²) in [6, 6.07) is 0. The number of Topliss-reactive ketones (excluding diaryl/α,β-unsaturated/α-hetero) is 1. The van der Waals surface area contributed by atoms with Gasteiger partial charge in [0.05, 0.1) is 0 Å². The maximum absolute atomic E-state index is 10.6. The molecule has 0 saturated heterocycles. The van der Waals surface area contributed by atoms with Gasteiger partial charge in [0, 0.05) is 5.92 Å². The third-order valence-electron chi connectivity index (χ3n) is 1.68. The highest BCUT2D eigenvalue weighted by Crippen LogP contribution is 2.07. The third kappa shape index (κ3) is 9.67. The minimum atomic E-state index is 0.282. The summed E-state index contributed by atoms with van der Waals surface area (Å²) < 4.78 is 0. The van der Waals surface area contributed by atoms with Gasteiger partial charge in [-0.3, -0.25) is 4.79 Å². The van der Waals surface area contributed by atoms with Crippen molar-refractivity contribution in [3.05, 3.63) is 0 Å². The number of hydrogen-bond acceptors (Lipinski definition) is 1. The van der Waals surface area contributed by atoms with Gasteiger partial charge in [-0.2, -0.15) is 0 Å². The van der Waals surface area contributed by atoms with Crippen molar-refractivity contribution in [1.29, 1.82) is 0 Å². The minimum Gasteiger partial charge on any atom is -0.300 e. The van der Waals surface area contributed by atoms with Crippen molar-refractivity contribution in [3.63, 3.8) is 0 Å². The van der Waals surface area contributed by atoms with Crippen LogP contribution >= 0.6 is 0 Å². The molecular weight excluding hydrogens is 136 g/mol. The molecule has 11 heavy (non-hydrogen) atoms. The van der Waals surface area contributed by atoms with E-state index in [4.69, 9.17) is 0 Å². The molecule has 0 aromatic heterocycles. The van der Waals surface area contributed by atoms with E-state index in [1.807, 2.05) is 20.8 Å². The number of carbonyl (C=O) groups is 1. The molecule has 1 nitrogen and oxygen atoms in total. The zero-order valence-electron chi connectivity index (χ0n) is 8.61. The van der Waals surface area contributed by atoms with Gasteiger partial charge in [0.25, 0.3) is 0 Å². The summed E-state index contributed by atoms with van der Waals surface area (Å²) in [5, 5.41) is 0. The van der Waals surface area contributed by atoms with Crippen LogP contribution in [0.1, 0.15) is 53.9 Å². The van der Waals surface area contributed by atoms with Crippen molar-refractivity contribution in [1.82, 2.24) is 0 Å². The summed E-state index contributed by atoms with van der Waals surface area (Å²) in [5.74, 6) is 0.605.